The van der Waals surface area contributed by atoms with Crippen LogP contribution in [0.1, 0.15) is 16.1 Å². The van der Waals surface area contributed by atoms with E-state index in [0.717, 1.165) is 35.4 Å². The molecule has 2 aromatic carbocycles. The van der Waals surface area contributed by atoms with Gasteiger partial charge in [-0.3, -0.25) is 14.6 Å². The number of hydrogen-bond acceptors (Lipinski definition) is 3. The Morgan fingerprint density at radius 2 is 1.72 bits per heavy atom. The number of quaternary nitrogens is 1. The summed E-state index contributed by atoms with van der Waals surface area (Å²) in [4.78, 5) is 32.8. The predicted molar refractivity (Wildman–Crippen MR) is 113 cm³/mol. The van der Waals surface area contributed by atoms with Crippen LogP contribution in [0.25, 0.3) is 10.9 Å². The summed E-state index contributed by atoms with van der Waals surface area (Å²) in [6.45, 7) is 5.17. The molecule has 0 spiro atoms. The molecule has 6 nitrogen and oxygen atoms in total. The molecule has 0 radical (unpaired) electrons. The van der Waals surface area contributed by atoms with Crippen molar-refractivity contribution in [1.82, 2.24) is 9.88 Å². The Bertz CT molecular complexity index is 1030. The number of amides is 2. The van der Waals surface area contributed by atoms with Crippen LogP contribution in [0.4, 0.5) is 5.69 Å². The molecule has 0 atom stereocenters. The molecule has 3 aromatic rings. The van der Waals surface area contributed by atoms with E-state index in [-0.39, 0.29) is 11.8 Å². The van der Waals surface area contributed by atoms with Gasteiger partial charge in [-0.1, -0.05) is 36.4 Å². The van der Waals surface area contributed by atoms with Crippen molar-refractivity contribution < 1.29 is 14.5 Å². The third kappa shape index (κ3) is 4.43. The number of benzene rings is 2. The second kappa shape index (κ2) is 8.41. The number of anilines is 1. The summed E-state index contributed by atoms with van der Waals surface area (Å²) in [5, 5.41) is 4.00. The summed E-state index contributed by atoms with van der Waals surface area (Å²) in [5.41, 5.74) is 3.27. The maximum atomic E-state index is 12.6. The summed E-state index contributed by atoms with van der Waals surface area (Å²) in [5.74, 6) is 0.0476. The number of hydrogen-bond donors (Lipinski definition) is 2. The van der Waals surface area contributed by atoms with E-state index in [4.69, 9.17) is 0 Å². The highest BCUT2D eigenvalue weighted by Gasteiger charge is 2.26. The summed E-state index contributed by atoms with van der Waals surface area (Å²) < 4.78 is 0. The molecule has 0 saturated carbocycles. The predicted octanol–water partition coefficient (Wildman–Crippen LogP) is 1.52. The Balaban J connectivity index is 1.34. The first-order chi connectivity index (χ1) is 14.1. The van der Waals surface area contributed by atoms with E-state index in [0.29, 0.717) is 25.2 Å². The highest BCUT2D eigenvalue weighted by atomic mass is 16.2. The molecule has 29 heavy (non-hydrogen) atoms. The Hall–Kier alpha value is -3.25. The van der Waals surface area contributed by atoms with Gasteiger partial charge in [-0.05, 0) is 31.2 Å². The zero-order chi connectivity index (χ0) is 20.2. The van der Waals surface area contributed by atoms with E-state index in [2.05, 4.69) is 10.3 Å². The van der Waals surface area contributed by atoms with Crippen LogP contribution in [-0.4, -0.2) is 54.4 Å². The molecule has 1 aliphatic rings. The highest BCUT2D eigenvalue weighted by molar-refractivity contribution is 6.01. The quantitative estimate of drug-likeness (QED) is 0.711. The molecule has 148 valence electrons. The summed E-state index contributed by atoms with van der Waals surface area (Å²) in [7, 11) is 0. The van der Waals surface area contributed by atoms with Crippen molar-refractivity contribution in [1.29, 1.82) is 0 Å². The number of nitrogens with zero attached hydrogens (tertiary/aromatic N) is 2. The second-order valence-corrected chi connectivity index (χ2v) is 7.46. The number of nitrogens with one attached hydrogen (secondary N) is 2. The Morgan fingerprint density at radius 1 is 1.03 bits per heavy atom. The molecular formula is C23H25N4O2+. The van der Waals surface area contributed by atoms with Crippen LogP contribution in [0.3, 0.4) is 0 Å². The van der Waals surface area contributed by atoms with E-state index >= 15 is 0 Å². The average Bonchev–Trinajstić information content (AvgIpc) is 2.74. The standard InChI is InChI=1S/C23H24N4O2/c1-17-15-21(19-9-5-6-10-20(19)24-17)25-22(28)16-26-11-13-27(14-12-26)23(29)18-7-3-2-4-8-18/h2-10,15H,11-14,16H2,1H3,(H,24,25,28)/p+1. The second-order valence-electron chi connectivity index (χ2n) is 7.46. The van der Waals surface area contributed by atoms with Crippen LogP contribution in [0, 0.1) is 6.92 Å². The molecular weight excluding hydrogens is 364 g/mol. The number of para-hydroxylation sites is 1. The minimum Gasteiger partial charge on any atom is -0.327 e. The molecule has 1 saturated heterocycles. The molecule has 1 aromatic heterocycles. The number of piperazine rings is 1. The van der Waals surface area contributed by atoms with Gasteiger partial charge in [0.05, 0.1) is 37.4 Å². The van der Waals surface area contributed by atoms with E-state index < -0.39 is 0 Å². The summed E-state index contributed by atoms with van der Waals surface area (Å²) in [6.07, 6.45) is 0. The minimum absolute atomic E-state index is 0.0152. The van der Waals surface area contributed by atoms with Gasteiger partial charge in [0.25, 0.3) is 11.8 Å². The van der Waals surface area contributed by atoms with E-state index in [1.807, 2.05) is 72.5 Å². The molecule has 0 aliphatic carbocycles. The molecule has 0 unspecified atom stereocenters. The highest BCUT2D eigenvalue weighted by Crippen LogP contribution is 2.22. The van der Waals surface area contributed by atoms with Gasteiger partial charge in [0, 0.05) is 16.6 Å². The monoisotopic (exact) mass is 389 g/mol. The molecule has 1 aliphatic heterocycles. The fourth-order valence-electron chi connectivity index (χ4n) is 3.80. The third-order valence-electron chi connectivity index (χ3n) is 5.31. The van der Waals surface area contributed by atoms with Gasteiger partial charge < -0.3 is 15.1 Å². The van der Waals surface area contributed by atoms with Crippen molar-refractivity contribution in [2.75, 3.05) is 38.0 Å². The van der Waals surface area contributed by atoms with Gasteiger partial charge >= 0.3 is 0 Å². The van der Waals surface area contributed by atoms with Crippen molar-refractivity contribution >= 4 is 28.4 Å². The van der Waals surface area contributed by atoms with Crippen molar-refractivity contribution in [3.63, 3.8) is 0 Å². The maximum Gasteiger partial charge on any atom is 0.279 e. The average molecular weight is 389 g/mol. The van der Waals surface area contributed by atoms with Gasteiger partial charge in [0.1, 0.15) is 0 Å². The van der Waals surface area contributed by atoms with E-state index in [9.17, 15) is 9.59 Å². The molecule has 6 heteroatoms. The molecule has 4 rings (SSSR count). The largest absolute Gasteiger partial charge is 0.327 e. The van der Waals surface area contributed by atoms with Gasteiger partial charge in [0.15, 0.2) is 6.54 Å². The van der Waals surface area contributed by atoms with Crippen LogP contribution in [0.2, 0.25) is 0 Å². The lowest BCUT2D eigenvalue weighted by atomic mass is 10.1. The molecule has 2 N–H and O–H groups in total. The first-order valence-corrected chi connectivity index (χ1v) is 9.94. The maximum absolute atomic E-state index is 12.6. The lowest BCUT2D eigenvalue weighted by molar-refractivity contribution is -0.895. The number of carbonyl (C=O) groups is 2. The molecule has 2 amide bonds. The lowest BCUT2D eigenvalue weighted by Gasteiger charge is -2.32. The van der Waals surface area contributed by atoms with Gasteiger partial charge in [-0.15, -0.1) is 0 Å². The zero-order valence-electron chi connectivity index (χ0n) is 16.5. The number of aromatic nitrogens is 1. The number of pyridine rings is 1. The summed E-state index contributed by atoms with van der Waals surface area (Å²) >= 11 is 0. The lowest BCUT2D eigenvalue weighted by Crippen LogP contribution is -3.15. The Kier molecular flexibility index (Phi) is 5.53. The molecule has 1 fully saturated rings. The molecule has 0 bridgehead atoms. The van der Waals surface area contributed by atoms with E-state index in [1.165, 1.54) is 4.90 Å². The topological polar surface area (TPSA) is 66.7 Å². The Morgan fingerprint density at radius 3 is 2.48 bits per heavy atom. The third-order valence-corrected chi connectivity index (χ3v) is 5.31. The van der Waals surface area contributed by atoms with E-state index in [1.54, 1.807) is 0 Å². The molecule has 2 heterocycles. The van der Waals surface area contributed by atoms with Gasteiger partial charge in [-0.2, -0.15) is 0 Å². The van der Waals surface area contributed by atoms with Crippen LogP contribution in [-0.2, 0) is 4.79 Å². The zero-order valence-corrected chi connectivity index (χ0v) is 16.5. The van der Waals surface area contributed by atoms with Gasteiger partial charge in [0.2, 0.25) is 0 Å². The smallest absolute Gasteiger partial charge is 0.279 e. The number of fused-ring (bicyclic) bond motifs is 1. The normalized spacial score (nSPS) is 14.7. The number of rotatable bonds is 4. The minimum atomic E-state index is -0.0152. The van der Waals surface area contributed by atoms with Crippen LogP contribution in [0.15, 0.2) is 60.7 Å². The van der Waals surface area contributed by atoms with Crippen LogP contribution >= 0.6 is 0 Å². The SMILES string of the molecule is Cc1cc(NC(=O)C[NH+]2CCN(C(=O)c3ccccc3)CC2)c2ccccc2n1. The first-order valence-electron chi connectivity index (χ1n) is 9.94. The fourth-order valence-corrected chi connectivity index (χ4v) is 3.80. The number of carbonyl (C=O) groups excluding carboxylic acids is 2. The van der Waals surface area contributed by atoms with Crippen LogP contribution in [0.5, 0.6) is 0 Å². The fraction of sp³-hybridized carbons (Fsp3) is 0.261. The summed E-state index contributed by atoms with van der Waals surface area (Å²) in [6, 6.07) is 19.1. The van der Waals surface area contributed by atoms with Crippen molar-refractivity contribution in [3.05, 3.63) is 71.9 Å². The number of aryl methyl sites for hydroxylation is 1. The Labute approximate surface area is 170 Å². The van der Waals surface area contributed by atoms with Crippen molar-refractivity contribution in [3.8, 4) is 0 Å². The van der Waals surface area contributed by atoms with Crippen molar-refractivity contribution in [2.24, 2.45) is 0 Å². The van der Waals surface area contributed by atoms with Gasteiger partial charge in [-0.25, -0.2) is 0 Å². The first kappa shape index (κ1) is 19.1. The van der Waals surface area contributed by atoms with Crippen LogP contribution < -0.4 is 10.2 Å². The van der Waals surface area contributed by atoms with Crippen molar-refractivity contribution in [2.45, 2.75) is 6.92 Å².